The first kappa shape index (κ1) is 19.7. The molecule has 0 saturated carbocycles. The van der Waals surface area contributed by atoms with Crippen molar-refractivity contribution in [3.8, 4) is 0 Å². The van der Waals surface area contributed by atoms with Gasteiger partial charge in [-0.3, -0.25) is 4.98 Å². The van der Waals surface area contributed by atoms with Gasteiger partial charge in [-0.15, -0.1) is 0 Å². The molecule has 1 aromatic carbocycles. The number of carbonyl (C=O) groups is 1. The number of benzene rings is 1. The molecule has 4 heteroatoms. The lowest BCUT2D eigenvalue weighted by atomic mass is 9.88. The van der Waals surface area contributed by atoms with Crippen molar-refractivity contribution in [3.63, 3.8) is 0 Å². The van der Waals surface area contributed by atoms with Crippen molar-refractivity contribution in [1.82, 2.24) is 9.88 Å². The lowest BCUT2D eigenvalue weighted by molar-refractivity contribution is 0.0896. The molecule has 0 bridgehead atoms. The molecule has 0 unspecified atom stereocenters. The minimum absolute atomic E-state index is 0.182. The Morgan fingerprint density at radius 2 is 1.86 bits per heavy atom. The summed E-state index contributed by atoms with van der Waals surface area (Å²) >= 11 is 0. The van der Waals surface area contributed by atoms with Crippen molar-refractivity contribution >= 4 is 11.7 Å². The quantitative estimate of drug-likeness (QED) is 0.710. The minimum atomic E-state index is -0.182. The second-order valence-corrected chi connectivity index (χ2v) is 8.61. The van der Waals surface area contributed by atoms with Gasteiger partial charge < -0.3 is 9.64 Å². The second kappa shape index (κ2) is 8.40. The number of nitrogens with zero attached hydrogens (tertiary/aromatic N) is 2. The molecular weight excluding hydrogens is 360 g/mol. The van der Waals surface area contributed by atoms with Crippen LogP contribution >= 0.6 is 0 Å². The Labute approximate surface area is 173 Å². The van der Waals surface area contributed by atoms with Crippen LogP contribution in [0.5, 0.6) is 0 Å². The number of hydrogen-bond donors (Lipinski definition) is 0. The van der Waals surface area contributed by atoms with Gasteiger partial charge in [0.25, 0.3) is 0 Å². The maximum absolute atomic E-state index is 12.4. The summed E-state index contributed by atoms with van der Waals surface area (Å²) in [6.45, 7) is 8.17. The van der Waals surface area contributed by atoms with Gasteiger partial charge in [0, 0.05) is 24.9 Å². The third kappa shape index (κ3) is 4.21. The van der Waals surface area contributed by atoms with Gasteiger partial charge in [-0.2, -0.15) is 0 Å². The largest absolute Gasteiger partial charge is 0.449 e. The summed E-state index contributed by atoms with van der Waals surface area (Å²) in [6, 6.07) is 11.0. The average Bonchev–Trinajstić information content (AvgIpc) is 2.88. The number of pyridine rings is 1. The normalized spacial score (nSPS) is 16.3. The summed E-state index contributed by atoms with van der Waals surface area (Å²) in [6.07, 6.45) is 5.52. The van der Waals surface area contributed by atoms with E-state index in [-0.39, 0.29) is 6.09 Å². The molecule has 29 heavy (non-hydrogen) atoms. The number of rotatable bonds is 2. The highest BCUT2D eigenvalue weighted by atomic mass is 16.6. The van der Waals surface area contributed by atoms with E-state index in [0.717, 1.165) is 31.4 Å². The molecule has 2 aromatic rings. The highest BCUT2D eigenvalue weighted by Crippen LogP contribution is 2.37. The Bertz CT molecular complexity index is 936. The second-order valence-electron chi connectivity index (χ2n) is 8.61. The van der Waals surface area contributed by atoms with Gasteiger partial charge >= 0.3 is 6.09 Å². The molecule has 0 N–H and O–H groups in total. The Morgan fingerprint density at radius 3 is 2.62 bits per heavy atom. The van der Waals surface area contributed by atoms with Gasteiger partial charge in [0.05, 0.1) is 12.3 Å². The lowest BCUT2D eigenvalue weighted by Crippen LogP contribution is -2.37. The van der Waals surface area contributed by atoms with E-state index < -0.39 is 0 Å². The highest BCUT2D eigenvalue weighted by Gasteiger charge is 2.27. The zero-order valence-corrected chi connectivity index (χ0v) is 17.7. The zero-order chi connectivity index (χ0) is 20.4. The molecule has 0 radical (unpaired) electrons. The number of piperidine rings is 1. The topological polar surface area (TPSA) is 42.4 Å². The number of aryl methyl sites for hydroxylation is 3. The third-order valence-corrected chi connectivity index (χ3v) is 5.84. The van der Waals surface area contributed by atoms with Gasteiger partial charge in [-0.1, -0.05) is 49.2 Å². The molecular formula is C25H30N2O2. The predicted molar refractivity (Wildman–Crippen MR) is 116 cm³/mol. The Morgan fingerprint density at radius 1 is 1.10 bits per heavy atom. The SMILES string of the molecule is Cc1ccc2c(c1)CCc1cccnc1C2=C1CCN(C(=O)OCC(C)C)CC1. The van der Waals surface area contributed by atoms with Gasteiger partial charge in [-0.05, 0) is 61.3 Å². The van der Waals surface area contributed by atoms with Gasteiger partial charge in [-0.25, -0.2) is 4.79 Å². The van der Waals surface area contributed by atoms with E-state index >= 15 is 0 Å². The zero-order valence-electron chi connectivity index (χ0n) is 17.7. The molecule has 152 valence electrons. The molecule has 4 rings (SSSR count). The number of fused-ring (bicyclic) bond motifs is 2. The minimum Gasteiger partial charge on any atom is -0.449 e. The van der Waals surface area contributed by atoms with Crippen LogP contribution in [0.15, 0.2) is 42.1 Å². The van der Waals surface area contributed by atoms with E-state index in [4.69, 9.17) is 9.72 Å². The first-order chi connectivity index (χ1) is 14.0. The van der Waals surface area contributed by atoms with E-state index in [1.807, 2.05) is 17.2 Å². The summed E-state index contributed by atoms with van der Waals surface area (Å²) < 4.78 is 5.43. The van der Waals surface area contributed by atoms with Crippen molar-refractivity contribution in [2.45, 2.75) is 46.5 Å². The number of aromatic nitrogens is 1. The molecule has 2 aliphatic rings. The number of carbonyl (C=O) groups excluding carboxylic acids is 1. The molecule has 0 atom stereocenters. The smallest absolute Gasteiger partial charge is 0.409 e. The van der Waals surface area contributed by atoms with Crippen molar-refractivity contribution < 1.29 is 9.53 Å². The Kier molecular flexibility index (Phi) is 5.70. The summed E-state index contributed by atoms with van der Waals surface area (Å²) in [5.74, 6) is 0.356. The van der Waals surface area contributed by atoms with E-state index in [0.29, 0.717) is 25.6 Å². The number of likely N-dealkylation sites (tertiary alicyclic amines) is 1. The number of hydrogen-bond acceptors (Lipinski definition) is 3. The fourth-order valence-corrected chi connectivity index (χ4v) is 4.33. The molecule has 1 fully saturated rings. The van der Waals surface area contributed by atoms with Crippen LogP contribution in [0.3, 0.4) is 0 Å². The molecule has 1 amide bonds. The van der Waals surface area contributed by atoms with Gasteiger partial charge in [0.1, 0.15) is 0 Å². The van der Waals surface area contributed by atoms with E-state index in [9.17, 15) is 4.79 Å². The summed E-state index contributed by atoms with van der Waals surface area (Å²) in [4.78, 5) is 19.0. The van der Waals surface area contributed by atoms with Crippen molar-refractivity contribution in [1.29, 1.82) is 0 Å². The maximum Gasteiger partial charge on any atom is 0.409 e. The monoisotopic (exact) mass is 390 g/mol. The lowest BCUT2D eigenvalue weighted by Gasteiger charge is -2.30. The summed E-state index contributed by atoms with van der Waals surface area (Å²) in [5, 5.41) is 0. The Hall–Kier alpha value is -2.62. The van der Waals surface area contributed by atoms with Crippen LogP contribution in [0.1, 0.15) is 54.6 Å². The van der Waals surface area contributed by atoms with Crippen molar-refractivity contribution in [2.24, 2.45) is 5.92 Å². The van der Waals surface area contributed by atoms with Gasteiger partial charge in [0.15, 0.2) is 0 Å². The average molecular weight is 391 g/mol. The summed E-state index contributed by atoms with van der Waals surface area (Å²) in [7, 11) is 0. The van der Waals surface area contributed by atoms with Gasteiger partial charge in [0.2, 0.25) is 0 Å². The van der Waals surface area contributed by atoms with Crippen LogP contribution in [0.25, 0.3) is 5.57 Å². The molecule has 1 saturated heterocycles. The fraction of sp³-hybridized carbons (Fsp3) is 0.440. The van der Waals surface area contributed by atoms with E-state index in [2.05, 4.69) is 45.0 Å². The summed E-state index contributed by atoms with van der Waals surface area (Å²) in [5.41, 5.74) is 9.18. The van der Waals surface area contributed by atoms with Crippen LogP contribution < -0.4 is 0 Å². The standard InChI is InChI=1S/C25H30N2O2/c1-17(2)16-29-25(28)27-13-10-19(11-14-27)23-22-9-6-18(3)15-21(22)8-7-20-5-4-12-26-24(20)23/h4-6,9,12,15,17H,7-8,10-11,13-14,16H2,1-3H3. The molecule has 1 aliphatic carbocycles. The van der Waals surface area contributed by atoms with Crippen LogP contribution in [0.2, 0.25) is 0 Å². The molecule has 1 aromatic heterocycles. The third-order valence-electron chi connectivity index (χ3n) is 5.84. The molecule has 0 spiro atoms. The molecule has 2 heterocycles. The van der Waals surface area contributed by atoms with Crippen LogP contribution in [0.4, 0.5) is 4.79 Å². The van der Waals surface area contributed by atoms with Crippen molar-refractivity contribution in [2.75, 3.05) is 19.7 Å². The Balaban J connectivity index is 1.66. The highest BCUT2D eigenvalue weighted by molar-refractivity contribution is 5.84. The number of amides is 1. The van der Waals surface area contributed by atoms with E-state index in [1.54, 1.807) is 0 Å². The van der Waals surface area contributed by atoms with Crippen LogP contribution in [-0.4, -0.2) is 35.7 Å². The van der Waals surface area contributed by atoms with E-state index in [1.165, 1.54) is 33.4 Å². The van der Waals surface area contributed by atoms with Crippen LogP contribution in [0, 0.1) is 12.8 Å². The predicted octanol–water partition coefficient (Wildman–Crippen LogP) is 5.18. The molecule has 1 aliphatic heterocycles. The van der Waals surface area contributed by atoms with Crippen LogP contribution in [-0.2, 0) is 17.6 Å². The number of ether oxygens (including phenoxy) is 1. The molecule has 4 nitrogen and oxygen atoms in total. The fourth-order valence-electron chi connectivity index (χ4n) is 4.33. The maximum atomic E-state index is 12.4. The van der Waals surface area contributed by atoms with Crippen molar-refractivity contribution in [3.05, 3.63) is 70.0 Å². The first-order valence-corrected chi connectivity index (χ1v) is 10.7. The first-order valence-electron chi connectivity index (χ1n) is 10.7.